The third kappa shape index (κ3) is 3.22. The van der Waals surface area contributed by atoms with Crippen molar-refractivity contribution < 1.29 is 13.2 Å². The van der Waals surface area contributed by atoms with Crippen LogP contribution >= 0.6 is 0 Å². The number of para-hydroxylation sites is 2. The highest BCUT2D eigenvalue weighted by atomic mass is 19.4. The van der Waals surface area contributed by atoms with Gasteiger partial charge in [0.2, 0.25) is 5.71 Å². The number of nitrogens with one attached hydrogen (secondary N) is 1. The van der Waals surface area contributed by atoms with E-state index in [1.807, 2.05) is 0 Å². The first-order chi connectivity index (χ1) is 10.5. The SMILES string of the molecule is N#CC(C#N)=NNc1ccccc1-n1ccc(C(F)(F)F)n1. The van der Waals surface area contributed by atoms with Crippen molar-refractivity contribution in [3.63, 3.8) is 0 Å². The Morgan fingerprint density at radius 2 is 1.86 bits per heavy atom. The zero-order valence-electron chi connectivity index (χ0n) is 10.8. The number of hydrogen-bond acceptors (Lipinski definition) is 5. The van der Waals surface area contributed by atoms with Gasteiger partial charge in [0, 0.05) is 6.20 Å². The standard InChI is InChI=1S/C13H7F3N6/c14-13(15,16)12-5-6-22(21-12)11-4-2-1-3-10(11)20-19-9(7-17)8-18/h1-6,20H. The molecule has 0 amide bonds. The van der Waals surface area contributed by atoms with Crippen LogP contribution in [-0.4, -0.2) is 15.5 Å². The minimum absolute atomic E-state index is 0.289. The van der Waals surface area contributed by atoms with Crippen molar-refractivity contribution >= 4 is 11.4 Å². The summed E-state index contributed by atoms with van der Waals surface area (Å²) >= 11 is 0. The summed E-state index contributed by atoms with van der Waals surface area (Å²) in [5.74, 6) is 0. The van der Waals surface area contributed by atoms with Gasteiger partial charge < -0.3 is 0 Å². The van der Waals surface area contributed by atoms with Crippen molar-refractivity contribution in [3.05, 3.63) is 42.2 Å². The molecule has 22 heavy (non-hydrogen) atoms. The zero-order chi connectivity index (χ0) is 16.2. The van der Waals surface area contributed by atoms with Crippen molar-refractivity contribution in [3.8, 4) is 17.8 Å². The lowest BCUT2D eigenvalue weighted by Gasteiger charge is -2.08. The summed E-state index contributed by atoms with van der Waals surface area (Å²) in [6, 6.07) is 10.2. The largest absolute Gasteiger partial charge is 0.435 e. The topological polar surface area (TPSA) is 89.8 Å². The smallest absolute Gasteiger partial charge is 0.274 e. The summed E-state index contributed by atoms with van der Waals surface area (Å²) < 4.78 is 38.8. The number of aromatic nitrogens is 2. The number of anilines is 1. The molecule has 2 rings (SSSR count). The molecule has 9 heteroatoms. The minimum Gasteiger partial charge on any atom is -0.274 e. The number of alkyl halides is 3. The molecule has 0 atom stereocenters. The second-order valence-corrected chi connectivity index (χ2v) is 3.96. The molecule has 1 aromatic carbocycles. The molecule has 0 saturated carbocycles. The molecule has 0 unspecified atom stereocenters. The van der Waals surface area contributed by atoms with E-state index in [1.54, 1.807) is 24.3 Å². The minimum atomic E-state index is -4.54. The fourth-order valence-electron chi connectivity index (χ4n) is 1.57. The molecule has 6 nitrogen and oxygen atoms in total. The Bertz CT molecular complexity index is 775. The Hall–Kier alpha value is -3.33. The van der Waals surface area contributed by atoms with E-state index < -0.39 is 17.6 Å². The van der Waals surface area contributed by atoms with E-state index in [0.29, 0.717) is 5.69 Å². The quantitative estimate of drug-likeness (QED) is 0.697. The number of nitriles is 2. The average molecular weight is 304 g/mol. The van der Waals surface area contributed by atoms with Gasteiger partial charge in [0.15, 0.2) is 5.69 Å². The fourth-order valence-corrected chi connectivity index (χ4v) is 1.57. The highest BCUT2D eigenvalue weighted by Gasteiger charge is 2.33. The van der Waals surface area contributed by atoms with Gasteiger partial charge in [0.05, 0.1) is 11.4 Å². The Balaban J connectivity index is 2.38. The third-order valence-electron chi connectivity index (χ3n) is 2.53. The Labute approximate surface area is 122 Å². The number of halogens is 3. The summed E-state index contributed by atoms with van der Waals surface area (Å²) in [6.45, 7) is 0. The molecular formula is C13H7F3N6. The second kappa shape index (κ2) is 5.97. The van der Waals surface area contributed by atoms with E-state index in [2.05, 4.69) is 15.6 Å². The van der Waals surface area contributed by atoms with Gasteiger partial charge in [-0.05, 0) is 18.2 Å². The van der Waals surface area contributed by atoms with E-state index in [0.717, 1.165) is 16.9 Å². The maximum atomic E-state index is 12.6. The van der Waals surface area contributed by atoms with E-state index in [4.69, 9.17) is 10.5 Å². The van der Waals surface area contributed by atoms with Crippen LogP contribution in [0.3, 0.4) is 0 Å². The van der Waals surface area contributed by atoms with E-state index >= 15 is 0 Å². The van der Waals surface area contributed by atoms with Gasteiger partial charge in [-0.25, -0.2) is 4.68 Å². The van der Waals surface area contributed by atoms with Crippen molar-refractivity contribution in [2.45, 2.75) is 6.18 Å². The Morgan fingerprint density at radius 1 is 1.18 bits per heavy atom. The van der Waals surface area contributed by atoms with Gasteiger partial charge in [-0.3, -0.25) is 5.43 Å². The van der Waals surface area contributed by atoms with Crippen LogP contribution in [0.15, 0.2) is 41.6 Å². The van der Waals surface area contributed by atoms with Crippen molar-refractivity contribution in [2.75, 3.05) is 5.43 Å². The molecule has 0 aliphatic heterocycles. The maximum Gasteiger partial charge on any atom is 0.435 e. The van der Waals surface area contributed by atoms with E-state index in [9.17, 15) is 13.2 Å². The van der Waals surface area contributed by atoms with Crippen LogP contribution in [0.1, 0.15) is 5.69 Å². The van der Waals surface area contributed by atoms with Crippen LogP contribution in [-0.2, 0) is 6.18 Å². The van der Waals surface area contributed by atoms with Crippen LogP contribution in [0.4, 0.5) is 18.9 Å². The molecule has 0 fully saturated rings. The fraction of sp³-hybridized carbons (Fsp3) is 0.0769. The summed E-state index contributed by atoms with van der Waals surface area (Å²) in [4.78, 5) is 0. The predicted molar refractivity (Wildman–Crippen MR) is 70.8 cm³/mol. The highest BCUT2D eigenvalue weighted by Crippen LogP contribution is 2.28. The molecule has 0 aliphatic carbocycles. The molecule has 1 aromatic heterocycles. The molecule has 0 radical (unpaired) electrons. The van der Waals surface area contributed by atoms with Crippen LogP contribution < -0.4 is 5.43 Å². The summed E-state index contributed by atoms with van der Waals surface area (Å²) in [7, 11) is 0. The molecule has 110 valence electrons. The van der Waals surface area contributed by atoms with Crippen LogP contribution in [0, 0.1) is 22.7 Å². The lowest BCUT2D eigenvalue weighted by Crippen LogP contribution is -2.08. The molecule has 0 spiro atoms. The Kier molecular flexibility index (Phi) is 4.09. The van der Waals surface area contributed by atoms with Crippen molar-refractivity contribution in [1.29, 1.82) is 10.5 Å². The van der Waals surface area contributed by atoms with Crippen LogP contribution in [0.2, 0.25) is 0 Å². The van der Waals surface area contributed by atoms with Gasteiger partial charge in [-0.1, -0.05) is 12.1 Å². The first kappa shape index (κ1) is 15.1. The average Bonchev–Trinajstić information content (AvgIpc) is 2.98. The molecule has 1 heterocycles. The van der Waals surface area contributed by atoms with Gasteiger partial charge in [0.1, 0.15) is 12.1 Å². The molecule has 2 aromatic rings. The number of nitrogens with zero attached hydrogens (tertiary/aromatic N) is 5. The summed E-state index contributed by atoms with van der Waals surface area (Å²) in [5.41, 5.74) is 1.61. The van der Waals surface area contributed by atoms with Gasteiger partial charge >= 0.3 is 6.18 Å². The molecule has 1 N–H and O–H groups in total. The van der Waals surface area contributed by atoms with Gasteiger partial charge in [-0.15, -0.1) is 0 Å². The van der Waals surface area contributed by atoms with Crippen LogP contribution in [0.25, 0.3) is 5.69 Å². The summed E-state index contributed by atoms with van der Waals surface area (Å²) in [5, 5.41) is 24.2. The second-order valence-electron chi connectivity index (χ2n) is 3.96. The molecule has 0 aliphatic rings. The Morgan fingerprint density at radius 3 is 2.45 bits per heavy atom. The van der Waals surface area contributed by atoms with Gasteiger partial charge in [-0.2, -0.15) is 33.9 Å². The summed E-state index contributed by atoms with van der Waals surface area (Å²) in [6.07, 6.45) is -3.39. The van der Waals surface area contributed by atoms with E-state index in [1.165, 1.54) is 12.1 Å². The van der Waals surface area contributed by atoms with Crippen molar-refractivity contribution in [2.24, 2.45) is 5.10 Å². The third-order valence-corrected chi connectivity index (χ3v) is 2.53. The number of hydrogen-bond donors (Lipinski definition) is 1. The lowest BCUT2D eigenvalue weighted by molar-refractivity contribution is -0.141. The van der Waals surface area contributed by atoms with E-state index in [-0.39, 0.29) is 5.69 Å². The number of rotatable bonds is 3. The van der Waals surface area contributed by atoms with Crippen LogP contribution in [0.5, 0.6) is 0 Å². The normalized spacial score (nSPS) is 10.4. The van der Waals surface area contributed by atoms with Gasteiger partial charge in [0.25, 0.3) is 0 Å². The number of benzene rings is 1. The lowest BCUT2D eigenvalue weighted by atomic mass is 10.3. The monoisotopic (exact) mass is 304 g/mol. The number of hydrazone groups is 1. The maximum absolute atomic E-state index is 12.6. The molecule has 0 saturated heterocycles. The molecular weight excluding hydrogens is 297 g/mol. The zero-order valence-corrected chi connectivity index (χ0v) is 10.8. The first-order valence-corrected chi connectivity index (χ1v) is 5.82. The highest BCUT2D eigenvalue weighted by molar-refractivity contribution is 6.10. The van der Waals surface area contributed by atoms with Crippen molar-refractivity contribution in [1.82, 2.24) is 9.78 Å². The first-order valence-electron chi connectivity index (χ1n) is 5.82. The predicted octanol–water partition coefficient (Wildman–Crippen LogP) is 2.71. The molecule has 0 bridgehead atoms.